The lowest BCUT2D eigenvalue weighted by Crippen LogP contribution is -2.54. The van der Waals surface area contributed by atoms with Gasteiger partial charge in [0.15, 0.2) is 11.5 Å². The fourth-order valence-corrected chi connectivity index (χ4v) is 8.59. The van der Waals surface area contributed by atoms with Crippen LogP contribution in [0.5, 0.6) is 11.5 Å². The van der Waals surface area contributed by atoms with Crippen molar-refractivity contribution in [3.8, 4) is 11.5 Å². The first-order valence-corrected chi connectivity index (χ1v) is 19.3. The third kappa shape index (κ3) is 7.03. The molecule has 3 aliphatic heterocycles. The lowest BCUT2D eigenvalue weighted by atomic mass is 9.76. The van der Waals surface area contributed by atoms with E-state index in [-0.39, 0.29) is 36.3 Å². The summed E-state index contributed by atoms with van der Waals surface area (Å²) in [6.07, 6.45) is 3.18. The molecule has 5 aromatic rings. The number of non-ortho nitro benzene ring substituents is 1. The molecule has 3 aliphatic rings. The van der Waals surface area contributed by atoms with Crippen molar-refractivity contribution in [2.45, 2.75) is 38.2 Å². The Hall–Kier alpha value is -6.27. The number of nitrogens with one attached hydrogen (secondary N) is 1. The van der Waals surface area contributed by atoms with Crippen molar-refractivity contribution in [2.75, 3.05) is 29.5 Å². The van der Waals surface area contributed by atoms with E-state index in [4.69, 9.17) is 9.47 Å². The van der Waals surface area contributed by atoms with Gasteiger partial charge in [0, 0.05) is 42.7 Å². The van der Waals surface area contributed by atoms with Crippen LogP contribution in [0.15, 0.2) is 119 Å². The number of ether oxygens (including phenoxy) is 2. The van der Waals surface area contributed by atoms with E-state index in [9.17, 15) is 24.5 Å². The van der Waals surface area contributed by atoms with Crippen molar-refractivity contribution in [3.63, 3.8) is 0 Å². The molecule has 5 aromatic carbocycles. The number of barbiturate groups is 1. The summed E-state index contributed by atoms with van der Waals surface area (Å²) in [6.45, 7) is 3.90. The van der Waals surface area contributed by atoms with Gasteiger partial charge in [-0.1, -0.05) is 72.8 Å². The first-order valence-electron chi connectivity index (χ1n) is 18.5. The van der Waals surface area contributed by atoms with Gasteiger partial charge in [0.05, 0.1) is 21.7 Å². The highest BCUT2D eigenvalue weighted by molar-refractivity contribution is 9.10. The van der Waals surface area contributed by atoms with E-state index < -0.39 is 22.8 Å². The Morgan fingerprint density at radius 2 is 1.48 bits per heavy atom. The van der Waals surface area contributed by atoms with Crippen molar-refractivity contribution in [1.29, 1.82) is 0 Å². The fraction of sp³-hybridized carbons (Fsp3) is 0.205. The molecular formula is C44H37BrN4O7. The second-order valence-electron chi connectivity index (χ2n) is 13.9. The van der Waals surface area contributed by atoms with Gasteiger partial charge < -0.3 is 14.4 Å². The average molecular weight is 814 g/mol. The molecule has 0 spiro atoms. The normalized spacial score (nSPS) is 18.4. The Morgan fingerprint density at radius 3 is 2.09 bits per heavy atom. The largest absolute Gasteiger partial charge is 0.490 e. The predicted molar refractivity (Wildman–Crippen MR) is 216 cm³/mol. The number of urea groups is 1. The van der Waals surface area contributed by atoms with Gasteiger partial charge in [0.1, 0.15) is 12.2 Å². The maximum Gasteiger partial charge on any atom is 0.335 e. The maximum absolute atomic E-state index is 14.4. The molecule has 12 heteroatoms. The van der Waals surface area contributed by atoms with Crippen LogP contribution in [-0.2, 0) is 16.2 Å². The number of rotatable bonds is 10. The number of anilines is 2. The highest BCUT2D eigenvalue weighted by Gasteiger charge is 2.40. The Kier molecular flexibility index (Phi) is 10.1. The first-order chi connectivity index (χ1) is 27.2. The number of nitrogens with zero attached hydrogens (tertiary/aromatic N) is 3. The zero-order valence-corrected chi connectivity index (χ0v) is 32.0. The molecule has 282 valence electrons. The summed E-state index contributed by atoms with van der Waals surface area (Å²) in [7, 11) is 0. The molecule has 11 nitrogen and oxygen atoms in total. The number of nitro groups is 1. The fourth-order valence-electron chi connectivity index (χ4n) is 8.02. The minimum absolute atomic E-state index is 0.0234. The quantitative estimate of drug-likeness (QED) is 0.0641. The van der Waals surface area contributed by atoms with Gasteiger partial charge >= 0.3 is 6.03 Å². The molecule has 1 fully saturated rings. The van der Waals surface area contributed by atoms with Crippen LogP contribution in [0.1, 0.15) is 65.0 Å². The molecule has 56 heavy (non-hydrogen) atoms. The monoisotopic (exact) mass is 812 g/mol. The molecule has 1 N–H and O–H groups in total. The van der Waals surface area contributed by atoms with Gasteiger partial charge in [-0.05, 0) is 99.4 Å². The highest BCUT2D eigenvalue weighted by atomic mass is 79.9. The van der Waals surface area contributed by atoms with Crippen LogP contribution in [0.25, 0.3) is 6.08 Å². The summed E-state index contributed by atoms with van der Waals surface area (Å²) in [6, 6.07) is 33.1. The molecule has 1 saturated heterocycles. The number of nitro benzene ring substituents is 1. The van der Waals surface area contributed by atoms with Gasteiger partial charge in [-0.3, -0.25) is 25.0 Å². The first kappa shape index (κ1) is 36.7. The molecule has 0 aromatic heterocycles. The Bertz CT molecular complexity index is 2330. The van der Waals surface area contributed by atoms with Crippen LogP contribution >= 0.6 is 15.9 Å². The van der Waals surface area contributed by atoms with Crippen molar-refractivity contribution in [2.24, 2.45) is 0 Å². The molecule has 4 amide bonds. The van der Waals surface area contributed by atoms with Crippen LogP contribution in [0.4, 0.5) is 21.9 Å². The predicted octanol–water partition coefficient (Wildman–Crippen LogP) is 8.88. The van der Waals surface area contributed by atoms with Crippen LogP contribution in [0, 0.1) is 10.1 Å². The van der Waals surface area contributed by atoms with Crippen molar-refractivity contribution >= 4 is 56.9 Å². The number of amides is 4. The van der Waals surface area contributed by atoms with Gasteiger partial charge in [-0.2, -0.15) is 0 Å². The summed E-state index contributed by atoms with van der Waals surface area (Å²) in [4.78, 5) is 55.9. The van der Waals surface area contributed by atoms with Crippen molar-refractivity contribution in [1.82, 2.24) is 5.32 Å². The summed E-state index contributed by atoms with van der Waals surface area (Å²) in [5.74, 6) is -0.805. The summed E-state index contributed by atoms with van der Waals surface area (Å²) < 4.78 is 12.4. The number of benzene rings is 5. The number of hydrogen-bond acceptors (Lipinski definition) is 8. The lowest BCUT2D eigenvalue weighted by Gasteiger charge is -2.44. The summed E-state index contributed by atoms with van der Waals surface area (Å²) >= 11 is 3.55. The Balaban J connectivity index is 1.17. The van der Waals surface area contributed by atoms with Crippen molar-refractivity contribution < 1.29 is 28.8 Å². The minimum atomic E-state index is -0.818. The topological polar surface area (TPSA) is 131 Å². The van der Waals surface area contributed by atoms with E-state index in [1.165, 1.54) is 18.2 Å². The van der Waals surface area contributed by atoms with Gasteiger partial charge in [0.25, 0.3) is 17.5 Å². The molecule has 0 aliphatic carbocycles. The van der Waals surface area contributed by atoms with E-state index in [0.717, 1.165) is 58.8 Å². The van der Waals surface area contributed by atoms with E-state index >= 15 is 0 Å². The number of imide groups is 2. The second-order valence-corrected chi connectivity index (χ2v) is 14.8. The van der Waals surface area contributed by atoms with Gasteiger partial charge in [-0.25, -0.2) is 9.69 Å². The van der Waals surface area contributed by atoms with E-state index in [1.54, 1.807) is 31.2 Å². The Morgan fingerprint density at radius 1 is 0.839 bits per heavy atom. The maximum atomic E-state index is 14.4. The second kappa shape index (κ2) is 15.5. The average Bonchev–Trinajstić information content (AvgIpc) is 3.20. The third-order valence-electron chi connectivity index (χ3n) is 10.5. The van der Waals surface area contributed by atoms with Crippen LogP contribution in [-0.4, -0.2) is 42.5 Å². The van der Waals surface area contributed by atoms with E-state index in [1.807, 2.05) is 48.5 Å². The molecular weight excluding hydrogens is 776 g/mol. The highest BCUT2D eigenvalue weighted by Crippen LogP contribution is 2.50. The number of hydrogen-bond donors (Lipinski definition) is 1. The summed E-state index contributed by atoms with van der Waals surface area (Å²) in [5.41, 5.74) is 6.70. The molecule has 0 radical (unpaired) electrons. The molecule has 0 bridgehead atoms. The lowest BCUT2D eigenvalue weighted by molar-refractivity contribution is -0.384. The number of halogens is 1. The van der Waals surface area contributed by atoms with Crippen molar-refractivity contribution in [3.05, 3.63) is 163 Å². The third-order valence-corrected chi connectivity index (χ3v) is 11.1. The van der Waals surface area contributed by atoms with Crippen LogP contribution in [0.2, 0.25) is 0 Å². The number of carbonyl (C=O) groups is 3. The zero-order chi connectivity index (χ0) is 38.9. The van der Waals surface area contributed by atoms with E-state index in [2.05, 4.69) is 50.4 Å². The molecule has 0 saturated carbocycles. The number of carbonyl (C=O) groups excluding carboxylic acids is 3. The Labute approximate surface area is 331 Å². The molecule has 0 unspecified atom stereocenters. The minimum Gasteiger partial charge on any atom is -0.490 e. The van der Waals surface area contributed by atoms with Gasteiger partial charge in [0.2, 0.25) is 0 Å². The van der Waals surface area contributed by atoms with E-state index in [0.29, 0.717) is 32.8 Å². The molecule has 2 atom stereocenters. The molecule has 8 rings (SSSR count). The smallest absolute Gasteiger partial charge is 0.335 e. The van der Waals surface area contributed by atoms with Gasteiger partial charge in [-0.15, -0.1) is 0 Å². The van der Waals surface area contributed by atoms with Crippen LogP contribution in [0.3, 0.4) is 0 Å². The summed E-state index contributed by atoms with van der Waals surface area (Å²) in [5, 5.41) is 13.7. The molecule has 3 heterocycles. The zero-order valence-electron chi connectivity index (χ0n) is 30.4. The standard InChI is InChI=1S/C44H37BrN4O7/c1-2-55-39-23-28(22-38(45)41(39)56-26-27-10-9-15-31(20-27)49(53)54)21-37-42(50)46-44(52)48(43(37)51)32-24-35-33(29-11-5-3-6-12-29)16-18-47-19-17-34(36(25-32)40(35)47)30-13-7-4-8-14-30/h3-15,20-25,33-34H,2,16-19,26H2,1H3,(H,46,50,52)/b37-21+/t33-,34-/m1/s1. The van der Waals surface area contributed by atoms with Crippen LogP contribution < -0.4 is 24.6 Å². The SMILES string of the molecule is CCOc1cc(/C=C2\C(=O)NC(=O)N(c3cc4c5c(c3)[C@@H](c3ccccc3)CCN5CC[C@@H]4c3ccccc3)C2=O)cc(Br)c1OCc1cccc([N+](=O)[O-])c1.